The van der Waals surface area contributed by atoms with E-state index in [4.69, 9.17) is 10.5 Å². The molecule has 190 valence electrons. The lowest BCUT2D eigenvalue weighted by molar-refractivity contribution is -0.117. The van der Waals surface area contributed by atoms with Crippen molar-refractivity contribution in [2.24, 2.45) is 5.73 Å². The average molecular weight is 499 g/mol. The van der Waals surface area contributed by atoms with Crippen LogP contribution in [0.3, 0.4) is 0 Å². The van der Waals surface area contributed by atoms with Crippen molar-refractivity contribution in [3.05, 3.63) is 89.5 Å². The molecule has 5 rings (SSSR count). The zero-order valence-electron chi connectivity index (χ0n) is 20.6. The van der Waals surface area contributed by atoms with E-state index < -0.39 is 6.04 Å². The number of nitrogens with zero attached hydrogens (tertiary/aromatic N) is 1. The van der Waals surface area contributed by atoms with Crippen molar-refractivity contribution in [2.45, 2.75) is 43.8 Å². The summed E-state index contributed by atoms with van der Waals surface area (Å²) < 4.78 is 5.22. The second-order valence-electron chi connectivity index (χ2n) is 9.47. The molecule has 0 radical (unpaired) electrons. The van der Waals surface area contributed by atoms with E-state index >= 15 is 0 Å². The van der Waals surface area contributed by atoms with E-state index in [0.717, 1.165) is 25.7 Å². The number of hydrogen-bond donors (Lipinski definition) is 3. The van der Waals surface area contributed by atoms with Gasteiger partial charge in [-0.15, -0.1) is 0 Å². The molecule has 3 atom stereocenters. The van der Waals surface area contributed by atoms with Gasteiger partial charge in [0.2, 0.25) is 0 Å². The van der Waals surface area contributed by atoms with Gasteiger partial charge in [0, 0.05) is 23.2 Å². The van der Waals surface area contributed by atoms with Crippen LogP contribution in [0.5, 0.6) is 5.75 Å². The Morgan fingerprint density at radius 2 is 1.68 bits per heavy atom. The molecular formula is C29H30N4O4. The van der Waals surface area contributed by atoms with E-state index in [0.29, 0.717) is 33.8 Å². The standard InChI is InChI=1S/C29H30N4O4/c1-37-21-14-11-19(12-15-21)29(36)33-25-16-13-20(27(34)31-23-10-6-5-9-22(23)30)17-24(25)32-28(35)26(33)18-7-3-2-4-8-18/h2-4,7-8,11-17,22-23,26H,5-6,9-10,30H2,1H3,(H,31,34)(H,32,35). The SMILES string of the molecule is COc1ccc(C(=O)N2c3ccc(C(=O)NC4CCCCC4N)cc3NC(=O)C2c2ccccc2)cc1. The fourth-order valence-corrected chi connectivity index (χ4v) is 5.07. The van der Waals surface area contributed by atoms with Crippen molar-refractivity contribution in [1.82, 2.24) is 5.32 Å². The molecule has 1 heterocycles. The highest BCUT2D eigenvalue weighted by atomic mass is 16.5. The molecule has 4 N–H and O–H groups in total. The van der Waals surface area contributed by atoms with Crippen molar-refractivity contribution >= 4 is 29.1 Å². The van der Waals surface area contributed by atoms with Crippen LogP contribution in [-0.2, 0) is 4.79 Å². The summed E-state index contributed by atoms with van der Waals surface area (Å²) in [6.07, 6.45) is 3.83. The maximum absolute atomic E-state index is 13.8. The van der Waals surface area contributed by atoms with Crippen LogP contribution in [-0.4, -0.2) is 36.9 Å². The Bertz CT molecular complexity index is 1310. The molecule has 8 heteroatoms. The number of nitrogens with two attached hydrogens (primary N) is 1. The van der Waals surface area contributed by atoms with Gasteiger partial charge in [0.1, 0.15) is 11.8 Å². The van der Waals surface area contributed by atoms with E-state index in [-0.39, 0.29) is 29.8 Å². The number of carbonyl (C=O) groups excluding carboxylic acids is 3. The second kappa shape index (κ2) is 10.4. The zero-order chi connectivity index (χ0) is 25.9. The summed E-state index contributed by atoms with van der Waals surface area (Å²) in [5.74, 6) is -0.315. The summed E-state index contributed by atoms with van der Waals surface area (Å²) in [7, 11) is 1.56. The van der Waals surface area contributed by atoms with Crippen molar-refractivity contribution in [3.8, 4) is 5.75 Å². The highest BCUT2D eigenvalue weighted by molar-refractivity contribution is 6.17. The highest BCUT2D eigenvalue weighted by Gasteiger charge is 2.39. The second-order valence-corrected chi connectivity index (χ2v) is 9.47. The smallest absolute Gasteiger partial charge is 0.259 e. The molecule has 37 heavy (non-hydrogen) atoms. The summed E-state index contributed by atoms with van der Waals surface area (Å²) >= 11 is 0. The number of nitrogens with one attached hydrogen (secondary N) is 2. The average Bonchev–Trinajstić information content (AvgIpc) is 2.93. The zero-order valence-corrected chi connectivity index (χ0v) is 20.6. The number of fused-ring (bicyclic) bond motifs is 1. The third-order valence-electron chi connectivity index (χ3n) is 7.09. The van der Waals surface area contributed by atoms with Gasteiger partial charge in [-0.05, 0) is 60.9 Å². The van der Waals surface area contributed by atoms with Gasteiger partial charge < -0.3 is 21.1 Å². The number of benzene rings is 3. The Morgan fingerprint density at radius 3 is 2.38 bits per heavy atom. The number of carbonyl (C=O) groups is 3. The molecule has 3 aromatic rings. The Morgan fingerprint density at radius 1 is 0.973 bits per heavy atom. The minimum Gasteiger partial charge on any atom is -0.497 e. The fourth-order valence-electron chi connectivity index (χ4n) is 5.07. The summed E-state index contributed by atoms with van der Waals surface area (Å²) in [6.45, 7) is 0. The van der Waals surface area contributed by atoms with Crippen LogP contribution in [0.4, 0.5) is 11.4 Å². The number of rotatable bonds is 5. The van der Waals surface area contributed by atoms with Gasteiger partial charge in [-0.3, -0.25) is 19.3 Å². The van der Waals surface area contributed by atoms with E-state index in [1.165, 1.54) is 4.90 Å². The first kappa shape index (κ1) is 24.5. The van der Waals surface area contributed by atoms with Crippen LogP contribution in [0.25, 0.3) is 0 Å². The monoisotopic (exact) mass is 498 g/mol. The van der Waals surface area contributed by atoms with Crippen LogP contribution in [0.15, 0.2) is 72.8 Å². The van der Waals surface area contributed by atoms with Gasteiger partial charge >= 0.3 is 0 Å². The molecule has 0 bridgehead atoms. The van der Waals surface area contributed by atoms with Crippen LogP contribution < -0.4 is 26.0 Å². The molecule has 3 unspecified atom stereocenters. The maximum Gasteiger partial charge on any atom is 0.259 e. The fraction of sp³-hybridized carbons (Fsp3) is 0.276. The highest BCUT2D eigenvalue weighted by Crippen LogP contribution is 2.40. The van der Waals surface area contributed by atoms with Crippen LogP contribution in [0, 0.1) is 0 Å². The van der Waals surface area contributed by atoms with Gasteiger partial charge in [0.15, 0.2) is 0 Å². The molecule has 0 spiro atoms. The minimum atomic E-state index is -0.872. The topological polar surface area (TPSA) is 114 Å². The quantitative estimate of drug-likeness (QED) is 0.491. The van der Waals surface area contributed by atoms with Gasteiger partial charge in [-0.2, -0.15) is 0 Å². The van der Waals surface area contributed by atoms with Crippen molar-refractivity contribution < 1.29 is 19.1 Å². The molecule has 3 aromatic carbocycles. The summed E-state index contributed by atoms with van der Waals surface area (Å²) in [6, 6.07) is 19.9. The van der Waals surface area contributed by atoms with E-state index in [9.17, 15) is 14.4 Å². The lowest BCUT2D eigenvalue weighted by Gasteiger charge is -2.37. The molecular weight excluding hydrogens is 468 g/mol. The maximum atomic E-state index is 13.8. The molecule has 1 saturated carbocycles. The molecule has 1 aliphatic carbocycles. The number of amides is 3. The molecule has 0 saturated heterocycles. The predicted octanol–water partition coefficient (Wildman–Crippen LogP) is 4.04. The third-order valence-corrected chi connectivity index (χ3v) is 7.09. The number of methoxy groups -OCH3 is 1. The first-order chi connectivity index (χ1) is 18.0. The van der Waals surface area contributed by atoms with Crippen LogP contribution in [0.1, 0.15) is 58.0 Å². The van der Waals surface area contributed by atoms with Gasteiger partial charge in [-0.1, -0.05) is 43.2 Å². The minimum absolute atomic E-state index is 0.0701. The Kier molecular flexibility index (Phi) is 6.92. The molecule has 1 aliphatic heterocycles. The Labute approximate surface area is 215 Å². The van der Waals surface area contributed by atoms with Gasteiger partial charge in [0.05, 0.1) is 18.5 Å². The van der Waals surface area contributed by atoms with Crippen LogP contribution >= 0.6 is 0 Å². The summed E-state index contributed by atoms with van der Waals surface area (Å²) in [5, 5.41) is 5.95. The summed E-state index contributed by atoms with van der Waals surface area (Å²) in [5.41, 5.74) is 8.61. The molecule has 0 aromatic heterocycles. The lowest BCUT2D eigenvalue weighted by Crippen LogP contribution is -2.49. The predicted molar refractivity (Wildman–Crippen MR) is 142 cm³/mol. The summed E-state index contributed by atoms with van der Waals surface area (Å²) in [4.78, 5) is 41.8. The van der Waals surface area contributed by atoms with Gasteiger partial charge in [0.25, 0.3) is 17.7 Å². The third kappa shape index (κ3) is 4.93. The van der Waals surface area contributed by atoms with Gasteiger partial charge in [-0.25, -0.2) is 0 Å². The molecule has 8 nitrogen and oxygen atoms in total. The normalized spacial score (nSPS) is 21.0. The van der Waals surface area contributed by atoms with E-state index in [1.807, 2.05) is 30.3 Å². The van der Waals surface area contributed by atoms with Crippen molar-refractivity contribution in [2.75, 3.05) is 17.3 Å². The number of hydrogen-bond acceptors (Lipinski definition) is 5. The lowest BCUT2D eigenvalue weighted by atomic mass is 9.91. The number of ether oxygens (including phenoxy) is 1. The first-order valence-electron chi connectivity index (χ1n) is 12.5. The number of anilines is 2. The molecule has 3 amide bonds. The van der Waals surface area contributed by atoms with E-state index in [2.05, 4.69) is 10.6 Å². The largest absolute Gasteiger partial charge is 0.497 e. The Balaban J connectivity index is 1.51. The Hall–Kier alpha value is -4.17. The molecule has 1 fully saturated rings. The van der Waals surface area contributed by atoms with Crippen LogP contribution in [0.2, 0.25) is 0 Å². The van der Waals surface area contributed by atoms with E-state index in [1.54, 1.807) is 49.6 Å². The first-order valence-corrected chi connectivity index (χ1v) is 12.5. The molecule has 2 aliphatic rings. The van der Waals surface area contributed by atoms with Crippen molar-refractivity contribution in [3.63, 3.8) is 0 Å². The van der Waals surface area contributed by atoms with Crippen molar-refractivity contribution in [1.29, 1.82) is 0 Å².